The zero-order chi connectivity index (χ0) is 14.3. The van der Waals surface area contributed by atoms with Crippen LogP contribution in [0.25, 0.3) is 0 Å². The van der Waals surface area contributed by atoms with Crippen LogP contribution < -0.4 is 4.84 Å². The van der Waals surface area contributed by atoms with E-state index in [1.807, 2.05) is 0 Å². The SMILES string of the molecule is C[C-]=NOc1ncnc(C)c1/C(=N\OC)C(=O)OC.[Y]. The monoisotopic (exact) mass is 354 g/mol. The molecule has 0 amide bonds. The number of esters is 1. The van der Waals surface area contributed by atoms with E-state index in [1.165, 1.54) is 20.5 Å². The first kappa shape index (κ1) is 18.6. The van der Waals surface area contributed by atoms with Crippen LogP contribution in [-0.2, 0) is 47.1 Å². The molecule has 8 nitrogen and oxygen atoms in total. The second-order valence-corrected chi connectivity index (χ2v) is 3.16. The molecule has 0 atom stereocenters. The number of aromatic nitrogens is 2. The van der Waals surface area contributed by atoms with E-state index < -0.39 is 5.97 Å². The summed E-state index contributed by atoms with van der Waals surface area (Å²) in [4.78, 5) is 29.2. The number of aryl methyl sites for hydroxylation is 1. The molecule has 0 N–H and O–H groups in total. The first-order valence-electron chi connectivity index (χ1n) is 5.20. The Morgan fingerprint density at radius 2 is 2.05 bits per heavy atom. The van der Waals surface area contributed by atoms with Gasteiger partial charge in [0.15, 0.2) is 0 Å². The fraction of sp³-hybridized carbons (Fsp3) is 0.364. The Kier molecular flexibility index (Phi) is 8.82. The van der Waals surface area contributed by atoms with Crippen molar-refractivity contribution in [3.63, 3.8) is 0 Å². The van der Waals surface area contributed by atoms with Gasteiger partial charge in [0.05, 0.1) is 18.4 Å². The molecule has 1 radical (unpaired) electrons. The van der Waals surface area contributed by atoms with E-state index in [-0.39, 0.29) is 49.9 Å². The number of carbonyl (C=O) groups is 1. The van der Waals surface area contributed by atoms with E-state index >= 15 is 0 Å². The summed E-state index contributed by atoms with van der Waals surface area (Å²) in [5, 5.41) is 7.10. The van der Waals surface area contributed by atoms with Crippen molar-refractivity contribution >= 4 is 17.9 Å². The molecule has 0 saturated heterocycles. The van der Waals surface area contributed by atoms with Gasteiger partial charge in [-0.2, -0.15) is 11.9 Å². The molecule has 1 rings (SSSR count). The number of hydrogen-bond donors (Lipinski definition) is 0. The topological polar surface area (TPSA) is 95.3 Å². The second-order valence-electron chi connectivity index (χ2n) is 3.16. The van der Waals surface area contributed by atoms with E-state index in [0.29, 0.717) is 5.69 Å². The van der Waals surface area contributed by atoms with E-state index in [4.69, 9.17) is 4.84 Å². The first-order valence-corrected chi connectivity index (χ1v) is 5.20. The molecular formula is C11H13N4O4Y-. The van der Waals surface area contributed by atoms with E-state index in [9.17, 15) is 4.79 Å². The van der Waals surface area contributed by atoms with Gasteiger partial charge in [0, 0.05) is 32.7 Å². The number of ether oxygens (including phenoxy) is 1. The molecular weight excluding hydrogens is 341 g/mol. The number of hydrogen-bond acceptors (Lipinski definition) is 8. The van der Waals surface area contributed by atoms with Crippen molar-refractivity contribution in [2.75, 3.05) is 14.2 Å². The summed E-state index contributed by atoms with van der Waals surface area (Å²) in [5.74, 6) is -0.642. The fourth-order valence-electron chi connectivity index (χ4n) is 1.26. The number of oxime groups is 1. The van der Waals surface area contributed by atoms with Crippen LogP contribution in [0.3, 0.4) is 0 Å². The van der Waals surface area contributed by atoms with Crippen molar-refractivity contribution in [2.24, 2.45) is 10.3 Å². The van der Waals surface area contributed by atoms with Gasteiger partial charge in [-0.25, -0.2) is 9.78 Å². The Hall–Kier alpha value is -1.41. The summed E-state index contributed by atoms with van der Waals surface area (Å²) < 4.78 is 4.63. The largest absolute Gasteiger partial charge is 0.464 e. The predicted molar refractivity (Wildman–Crippen MR) is 66.1 cm³/mol. The van der Waals surface area contributed by atoms with Gasteiger partial charge in [0.2, 0.25) is 5.71 Å². The van der Waals surface area contributed by atoms with Crippen molar-refractivity contribution in [3.05, 3.63) is 17.6 Å². The predicted octanol–water partition coefficient (Wildman–Crippen LogP) is 0.568. The van der Waals surface area contributed by atoms with Crippen LogP contribution in [0, 0.1) is 6.92 Å². The molecule has 0 aromatic carbocycles. The normalized spacial score (nSPS) is 10.9. The molecule has 9 heteroatoms. The molecule has 1 aromatic heterocycles. The van der Waals surface area contributed by atoms with Gasteiger partial charge < -0.3 is 25.8 Å². The van der Waals surface area contributed by atoms with Gasteiger partial charge in [-0.15, -0.1) is 0 Å². The number of carbonyl (C=O) groups excluding carboxylic acids is 1. The van der Waals surface area contributed by atoms with Crippen molar-refractivity contribution in [1.29, 1.82) is 0 Å². The zero-order valence-corrected chi connectivity index (χ0v) is 14.4. The minimum atomic E-state index is -0.700. The minimum Gasteiger partial charge on any atom is -0.464 e. The molecule has 0 aliphatic heterocycles. The molecule has 0 aliphatic carbocycles. The molecule has 0 fully saturated rings. The third-order valence-electron chi connectivity index (χ3n) is 2.02. The molecule has 0 saturated carbocycles. The van der Waals surface area contributed by atoms with Gasteiger partial charge in [-0.05, 0) is 6.92 Å². The number of nitrogens with zero attached hydrogens (tertiary/aromatic N) is 4. The van der Waals surface area contributed by atoms with Crippen LogP contribution in [0.4, 0.5) is 0 Å². The van der Waals surface area contributed by atoms with Gasteiger partial charge in [-0.3, -0.25) is 0 Å². The van der Waals surface area contributed by atoms with Gasteiger partial charge >= 0.3 is 5.97 Å². The molecule has 1 aromatic rings. The van der Waals surface area contributed by atoms with Crippen LogP contribution in [0.15, 0.2) is 16.6 Å². The number of methoxy groups -OCH3 is 1. The van der Waals surface area contributed by atoms with Crippen molar-refractivity contribution in [1.82, 2.24) is 9.97 Å². The van der Waals surface area contributed by atoms with Crippen LogP contribution in [0.5, 0.6) is 5.88 Å². The summed E-state index contributed by atoms with van der Waals surface area (Å²) in [5.41, 5.74) is 0.608. The fourth-order valence-corrected chi connectivity index (χ4v) is 1.26. The summed E-state index contributed by atoms with van der Waals surface area (Å²) in [6.07, 6.45) is 3.71. The summed E-state index contributed by atoms with van der Waals surface area (Å²) in [6.45, 7) is 3.22. The van der Waals surface area contributed by atoms with Gasteiger partial charge in [0.25, 0.3) is 5.88 Å². The average molecular weight is 354 g/mol. The van der Waals surface area contributed by atoms with Crippen molar-refractivity contribution in [3.8, 4) is 5.88 Å². The zero-order valence-electron chi connectivity index (χ0n) is 11.6. The third-order valence-corrected chi connectivity index (χ3v) is 2.02. The maximum atomic E-state index is 11.7. The maximum absolute atomic E-state index is 11.7. The Morgan fingerprint density at radius 1 is 1.35 bits per heavy atom. The molecule has 1 heterocycles. The maximum Gasteiger partial charge on any atom is 0.361 e. The minimum absolute atomic E-state index is 0. The number of rotatable bonds is 5. The van der Waals surface area contributed by atoms with Gasteiger partial charge in [-0.1, -0.05) is 5.16 Å². The molecule has 20 heavy (non-hydrogen) atoms. The van der Waals surface area contributed by atoms with E-state index in [0.717, 1.165) is 0 Å². The Bertz CT molecular complexity index is 519. The third kappa shape index (κ3) is 4.61. The molecule has 0 aliphatic rings. The van der Waals surface area contributed by atoms with Crippen LogP contribution in [0.2, 0.25) is 0 Å². The van der Waals surface area contributed by atoms with E-state index in [2.05, 4.69) is 36.1 Å². The molecule has 0 spiro atoms. The summed E-state index contributed by atoms with van der Waals surface area (Å²) in [7, 11) is 2.53. The Labute approximate surface area is 141 Å². The van der Waals surface area contributed by atoms with E-state index in [1.54, 1.807) is 13.8 Å². The van der Waals surface area contributed by atoms with Crippen LogP contribution >= 0.6 is 0 Å². The standard InChI is InChI=1S/C11H13N4O4.Y/c1-5-14-19-10-8(7(2)12-6-13-10)9(15-18-4)11(16)17-3;/h6H,1-4H3;/q-1;/b15-9+;. The summed E-state index contributed by atoms with van der Waals surface area (Å²) >= 11 is 0. The van der Waals surface area contributed by atoms with Crippen molar-refractivity contribution in [2.45, 2.75) is 13.8 Å². The smallest absolute Gasteiger partial charge is 0.361 e. The summed E-state index contributed by atoms with van der Waals surface area (Å²) in [6, 6.07) is 0. The molecule has 0 bridgehead atoms. The van der Waals surface area contributed by atoms with Gasteiger partial charge in [0.1, 0.15) is 13.4 Å². The average Bonchev–Trinajstić information content (AvgIpc) is 2.42. The first-order chi connectivity index (χ1) is 9.15. The second kappa shape index (κ2) is 9.49. The Morgan fingerprint density at radius 3 is 2.60 bits per heavy atom. The van der Waals surface area contributed by atoms with Crippen molar-refractivity contribution < 1.29 is 51.9 Å². The Balaban J connectivity index is 0.00000361. The molecule has 0 unspecified atom stereocenters. The van der Waals surface area contributed by atoms with Crippen LogP contribution in [0.1, 0.15) is 18.2 Å². The molecule has 105 valence electrons. The quantitative estimate of drug-likeness (QED) is 0.332. The van der Waals surface area contributed by atoms with Crippen LogP contribution in [-0.4, -0.2) is 42.1 Å².